The number of hydrogen-bond acceptors (Lipinski definition) is 2. The van der Waals surface area contributed by atoms with Gasteiger partial charge in [-0.15, -0.1) is 0 Å². The van der Waals surface area contributed by atoms with Crippen molar-refractivity contribution >= 4 is 0 Å². The Morgan fingerprint density at radius 3 is 1.82 bits per heavy atom. The molecule has 0 atom stereocenters. The minimum Gasteiger partial charge on any atom is -0.299 e. The van der Waals surface area contributed by atoms with Crippen LogP contribution in [0.25, 0.3) is 0 Å². The summed E-state index contributed by atoms with van der Waals surface area (Å²) in [7, 11) is 0. The highest BCUT2D eigenvalue weighted by Gasteiger charge is 2.24. The number of nitrogens with zero attached hydrogens (tertiary/aromatic N) is 1. The summed E-state index contributed by atoms with van der Waals surface area (Å²) in [5.74, 6) is 0. The Bertz CT molecular complexity index is 105. The maximum atomic E-state index is 5.50. The van der Waals surface area contributed by atoms with Crippen LogP contribution in [0.1, 0.15) is 41.5 Å². The molecule has 0 rings (SSSR count). The first kappa shape index (κ1) is 10.9. The fourth-order valence-corrected chi connectivity index (χ4v) is 1.26. The first-order valence-electron chi connectivity index (χ1n) is 4.31. The van der Waals surface area contributed by atoms with Gasteiger partial charge in [0, 0.05) is 11.6 Å². The Labute approximate surface area is 70.5 Å². The zero-order valence-electron chi connectivity index (χ0n) is 8.64. The monoisotopic (exact) mass is 159 g/mol. The Morgan fingerprint density at radius 1 is 1.27 bits per heavy atom. The van der Waals surface area contributed by atoms with E-state index in [9.17, 15) is 0 Å². The van der Waals surface area contributed by atoms with Crippen LogP contribution in [0, 0.1) is 0 Å². The van der Waals surface area contributed by atoms with Crippen molar-refractivity contribution in [3.8, 4) is 0 Å². The molecule has 0 unspecified atom stereocenters. The van der Waals surface area contributed by atoms with Gasteiger partial charge in [-0.05, 0) is 41.5 Å². The summed E-state index contributed by atoms with van der Waals surface area (Å²) >= 11 is 0. The summed E-state index contributed by atoms with van der Waals surface area (Å²) in [4.78, 5) is 5.50. The van der Waals surface area contributed by atoms with Crippen LogP contribution in [0.2, 0.25) is 0 Å². The van der Waals surface area contributed by atoms with Gasteiger partial charge in [-0.25, -0.2) is 0 Å². The van der Waals surface area contributed by atoms with E-state index in [2.05, 4.69) is 34.6 Å². The highest BCUT2D eigenvalue weighted by Crippen LogP contribution is 2.16. The highest BCUT2D eigenvalue weighted by atomic mass is 16.7. The molecule has 0 aromatic carbocycles. The van der Waals surface area contributed by atoms with Gasteiger partial charge in [-0.2, -0.15) is 5.06 Å². The summed E-state index contributed by atoms with van der Waals surface area (Å²) in [6, 6.07) is 0.440. The van der Waals surface area contributed by atoms with Crippen molar-refractivity contribution in [1.82, 2.24) is 5.06 Å². The van der Waals surface area contributed by atoms with E-state index in [1.165, 1.54) is 0 Å². The van der Waals surface area contributed by atoms with E-state index >= 15 is 0 Å². The standard InChI is InChI=1S/C9H21NO/c1-7-11-10(8(2)3)9(4,5)6/h8H,7H2,1-6H3. The van der Waals surface area contributed by atoms with Crippen molar-refractivity contribution < 1.29 is 4.84 Å². The lowest BCUT2D eigenvalue weighted by Gasteiger charge is -2.37. The molecule has 68 valence electrons. The molecule has 0 saturated heterocycles. The molecule has 0 aromatic heterocycles. The van der Waals surface area contributed by atoms with Crippen LogP contribution >= 0.6 is 0 Å². The van der Waals surface area contributed by atoms with E-state index < -0.39 is 0 Å². The number of hydrogen-bond donors (Lipinski definition) is 0. The summed E-state index contributed by atoms with van der Waals surface area (Å²) < 4.78 is 0. The molecule has 0 saturated carbocycles. The van der Waals surface area contributed by atoms with Gasteiger partial charge in [0.05, 0.1) is 6.61 Å². The minimum atomic E-state index is 0.101. The van der Waals surface area contributed by atoms with E-state index in [4.69, 9.17) is 4.84 Å². The van der Waals surface area contributed by atoms with Crippen molar-refractivity contribution in [1.29, 1.82) is 0 Å². The van der Waals surface area contributed by atoms with Crippen LogP contribution in [-0.2, 0) is 4.84 Å². The second-order valence-corrected chi connectivity index (χ2v) is 4.01. The molecular formula is C9H21NO. The zero-order chi connectivity index (χ0) is 9.07. The quantitative estimate of drug-likeness (QED) is 0.586. The molecular weight excluding hydrogens is 138 g/mol. The molecule has 2 nitrogen and oxygen atoms in total. The van der Waals surface area contributed by atoms with E-state index in [1.807, 2.05) is 12.0 Å². The van der Waals surface area contributed by atoms with Gasteiger partial charge in [0.25, 0.3) is 0 Å². The topological polar surface area (TPSA) is 12.5 Å². The second-order valence-electron chi connectivity index (χ2n) is 4.01. The average molecular weight is 159 g/mol. The maximum absolute atomic E-state index is 5.50. The molecule has 0 aliphatic rings. The first-order valence-corrected chi connectivity index (χ1v) is 4.31. The normalized spacial score (nSPS) is 13.1. The summed E-state index contributed by atoms with van der Waals surface area (Å²) in [5.41, 5.74) is 0.101. The molecule has 11 heavy (non-hydrogen) atoms. The molecule has 0 aromatic rings. The van der Waals surface area contributed by atoms with Crippen LogP contribution in [0.5, 0.6) is 0 Å². The van der Waals surface area contributed by atoms with Gasteiger partial charge in [-0.1, -0.05) is 0 Å². The van der Waals surface area contributed by atoms with Crippen LogP contribution in [0.4, 0.5) is 0 Å². The molecule has 2 heteroatoms. The third-order valence-corrected chi connectivity index (χ3v) is 1.40. The Hall–Kier alpha value is -0.0800. The molecule has 0 fully saturated rings. The zero-order valence-corrected chi connectivity index (χ0v) is 8.64. The second kappa shape index (κ2) is 4.07. The third kappa shape index (κ3) is 3.73. The Kier molecular flexibility index (Phi) is 4.04. The van der Waals surface area contributed by atoms with Crippen LogP contribution in [0.15, 0.2) is 0 Å². The Balaban J connectivity index is 4.10. The van der Waals surface area contributed by atoms with Gasteiger partial charge >= 0.3 is 0 Å². The molecule has 0 amide bonds. The summed E-state index contributed by atoms with van der Waals surface area (Å²) in [6.07, 6.45) is 0. The molecule has 0 aliphatic carbocycles. The molecule has 0 aliphatic heterocycles. The smallest absolute Gasteiger partial charge is 0.0657 e. The lowest BCUT2D eigenvalue weighted by Crippen LogP contribution is -2.45. The Morgan fingerprint density at radius 2 is 1.73 bits per heavy atom. The average Bonchev–Trinajstić information content (AvgIpc) is 1.79. The van der Waals surface area contributed by atoms with Crippen LogP contribution in [-0.4, -0.2) is 23.3 Å². The van der Waals surface area contributed by atoms with Crippen molar-refractivity contribution in [2.24, 2.45) is 0 Å². The fraction of sp³-hybridized carbons (Fsp3) is 1.00. The van der Waals surface area contributed by atoms with Gasteiger partial charge in [0.1, 0.15) is 0 Å². The lowest BCUT2D eigenvalue weighted by molar-refractivity contribution is -0.225. The van der Waals surface area contributed by atoms with Gasteiger partial charge < -0.3 is 0 Å². The van der Waals surface area contributed by atoms with Crippen LogP contribution in [0.3, 0.4) is 0 Å². The predicted molar refractivity (Wildman–Crippen MR) is 48.4 cm³/mol. The minimum absolute atomic E-state index is 0.101. The molecule has 0 radical (unpaired) electrons. The van der Waals surface area contributed by atoms with Crippen molar-refractivity contribution in [3.05, 3.63) is 0 Å². The lowest BCUT2D eigenvalue weighted by atomic mass is 10.1. The largest absolute Gasteiger partial charge is 0.299 e. The molecule has 0 heterocycles. The third-order valence-electron chi connectivity index (χ3n) is 1.40. The highest BCUT2D eigenvalue weighted by molar-refractivity contribution is 4.72. The van der Waals surface area contributed by atoms with Gasteiger partial charge in [0.15, 0.2) is 0 Å². The maximum Gasteiger partial charge on any atom is 0.0657 e. The van der Waals surface area contributed by atoms with Crippen molar-refractivity contribution in [2.45, 2.75) is 53.1 Å². The first-order chi connectivity index (χ1) is 4.89. The van der Waals surface area contributed by atoms with Crippen molar-refractivity contribution in [3.63, 3.8) is 0 Å². The summed E-state index contributed by atoms with van der Waals surface area (Å²) in [6.45, 7) is 13.5. The SMILES string of the molecule is CCON(C(C)C)C(C)(C)C. The van der Waals surface area contributed by atoms with E-state index in [0.29, 0.717) is 6.04 Å². The number of hydroxylamine groups is 2. The molecule has 0 spiro atoms. The molecule has 0 N–H and O–H groups in total. The fourth-order valence-electron chi connectivity index (χ4n) is 1.26. The van der Waals surface area contributed by atoms with E-state index in [-0.39, 0.29) is 5.54 Å². The number of rotatable bonds is 3. The van der Waals surface area contributed by atoms with E-state index in [0.717, 1.165) is 6.61 Å². The van der Waals surface area contributed by atoms with Crippen LogP contribution < -0.4 is 0 Å². The predicted octanol–water partition coefficient (Wildman–Crippen LogP) is 2.45. The van der Waals surface area contributed by atoms with Crippen molar-refractivity contribution in [2.75, 3.05) is 6.61 Å². The molecule has 0 bridgehead atoms. The van der Waals surface area contributed by atoms with Gasteiger partial charge in [-0.3, -0.25) is 4.84 Å². The van der Waals surface area contributed by atoms with E-state index in [1.54, 1.807) is 0 Å². The van der Waals surface area contributed by atoms with Gasteiger partial charge in [0.2, 0.25) is 0 Å². The summed E-state index contributed by atoms with van der Waals surface area (Å²) in [5, 5.41) is 2.03.